The van der Waals surface area contributed by atoms with Crippen molar-refractivity contribution in [2.75, 3.05) is 14.2 Å². The summed E-state index contributed by atoms with van der Waals surface area (Å²) in [6.45, 7) is -2.79. The molecule has 3 nitrogen and oxygen atoms in total. The van der Waals surface area contributed by atoms with Crippen LogP contribution in [-0.4, -0.2) is 14.2 Å². The molecule has 0 heterocycles. The average Bonchev–Trinajstić information content (AvgIpc) is 2.48. The number of ether oxygens (including phenoxy) is 2. The van der Waals surface area contributed by atoms with Crippen molar-refractivity contribution in [3.05, 3.63) is 59.7 Å². The van der Waals surface area contributed by atoms with Gasteiger partial charge in [-0.05, 0) is 35.4 Å². The van der Waals surface area contributed by atoms with E-state index in [1.807, 2.05) is 48.5 Å². The van der Waals surface area contributed by atoms with Crippen molar-refractivity contribution in [2.24, 2.45) is 0 Å². The Morgan fingerprint density at radius 3 is 1.43 bits per heavy atom. The molecule has 2 aromatic rings. The Kier molecular flexibility index (Phi) is 5.33. The highest BCUT2D eigenvalue weighted by atomic mass is 35.7. The van der Waals surface area contributed by atoms with E-state index in [1.54, 1.807) is 14.2 Å². The highest BCUT2D eigenvalue weighted by Crippen LogP contribution is 2.57. The van der Waals surface area contributed by atoms with Crippen LogP contribution in [-0.2, 0) is 16.9 Å². The number of benzene rings is 2. The lowest BCUT2D eigenvalue weighted by Crippen LogP contribution is -1.90. The van der Waals surface area contributed by atoms with Crippen LogP contribution in [0.1, 0.15) is 11.1 Å². The second-order valence-electron chi connectivity index (χ2n) is 4.80. The van der Waals surface area contributed by atoms with Crippen LogP contribution in [0.25, 0.3) is 0 Å². The molecule has 0 amide bonds. The van der Waals surface area contributed by atoms with E-state index in [4.69, 9.17) is 20.7 Å². The maximum atomic E-state index is 12.6. The number of hydrogen-bond donors (Lipinski definition) is 0. The fourth-order valence-electron chi connectivity index (χ4n) is 2.06. The monoisotopic (exact) mass is 324 g/mol. The number of halogens is 1. The van der Waals surface area contributed by atoms with Gasteiger partial charge < -0.3 is 14.0 Å². The van der Waals surface area contributed by atoms with Gasteiger partial charge >= 0.3 is 0 Å². The third kappa shape index (κ3) is 4.80. The molecular formula is C16H18ClO3P. The Morgan fingerprint density at radius 2 is 1.14 bits per heavy atom. The number of methoxy groups -OCH3 is 2. The molecule has 21 heavy (non-hydrogen) atoms. The maximum absolute atomic E-state index is 12.6. The van der Waals surface area contributed by atoms with Gasteiger partial charge in [-0.15, -0.1) is 0 Å². The first-order valence-electron chi connectivity index (χ1n) is 6.56. The highest BCUT2D eigenvalue weighted by Gasteiger charge is 2.20. The van der Waals surface area contributed by atoms with Crippen molar-refractivity contribution >= 4 is 17.7 Å². The molecule has 0 aliphatic carbocycles. The summed E-state index contributed by atoms with van der Waals surface area (Å²) in [5, 5.41) is 0. The minimum atomic E-state index is -2.79. The van der Waals surface area contributed by atoms with Crippen LogP contribution in [0.5, 0.6) is 11.5 Å². The Balaban J connectivity index is 2.04. The lowest BCUT2D eigenvalue weighted by atomic mass is 10.2. The summed E-state index contributed by atoms with van der Waals surface area (Å²) in [5.41, 5.74) is 1.89. The van der Waals surface area contributed by atoms with Gasteiger partial charge in [0.2, 0.25) is 0 Å². The fourth-order valence-corrected chi connectivity index (χ4v) is 4.52. The predicted octanol–water partition coefficient (Wildman–Crippen LogP) is 4.92. The number of hydrogen-bond acceptors (Lipinski definition) is 3. The molecule has 0 fully saturated rings. The summed E-state index contributed by atoms with van der Waals surface area (Å²) >= 11 is 6.25. The third-order valence-corrected chi connectivity index (χ3v) is 5.55. The minimum absolute atomic E-state index is 0.366. The zero-order valence-corrected chi connectivity index (χ0v) is 13.7. The molecule has 0 N–H and O–H groups in total. The molecule has 0 spiro atoms. The van der Waals surface area contributed by atoms with Crippen molar-refractivity contribution in [1.82, 2.24) is 0 Å². The lowest BCUT2D eigenvalue weighted by Gasteiger charge is -2.12. The SMILES string of the molecule is COc1ccc(CP(=O)(Cl)Cc2ccc(OC)cc2)cc1. The van der Waals surface area contributed by atoms with Crippen molar-refractivity contribution in [2.45, 2.75) is 12.3 Å². The maximum Gasteiger partial charge on any atom is 0.177 e. The first-order valence-corrected chi connectivity index (χ1v) is 9.54. The molecule has 2 aromatic carbocycles. The van der Waals surface area contributed by atoms with Gasteiger partial charge in [-0.3, -0.25) is 0 Å². The molecule has 112 valence electrons. The molecule has 0 aromatic heterocycles. The van der Waals surface area contributed by atoms with Crippen molar-refractivity contribution in [1.29, 1.82) is 0 Å². The zero-order valence-electron chi connectivity index (χ0n) is 12.1. The van der Waals surface area contributed by atoms with E-state index in [9.17, 15) is 4.57 Å². The molecule has 0 unspecified atom stereocenters. The molecular weight excluding hydrogens is 307 g/mol. The normalized spacial score (nSPS) is 11.2. The standard InChI is InChI=1S/C16H18ClO3P/c1-19-15-7-3-13(4-8-15)11-21(17,18)12-14-5-9-16(20-2)10-6-14/h3-10H,11-12H2,1-2H3. The minimum Gasteiger partial charge on any atom is -0.497 e. The van der Waals surface area contributed by atoms with E-state index >= 15 is 0 Å². The summed E-state index contributed by atoms with van der Waals surface area (Å²) in [5.74, 6) is 1.55. The number of rotatable bonds is 6. The summed E-state index contributed by atoms with van der Waals surface area (Å²) in [6.07, 6.45) is 0.731. The van der Waals surface area contributed by atoms with Crippen LogP contribution in [0, 0.1) is 0 Å². The first-order chi connectivity index (χ1) is 10.0. The van der Waals surface area contributed by atoms with Gasteiger partial charge in [0.15, 0.2) is 6.49 Å². The molecule has 5 heteroatoms. The quantitative estimate of drug-likeness (QED) is 0.707. The van der Waals surface area contributed by atoms with E-state index in [0.29, 0.717) is 12.3 Å². The lowest BCUT2D eigenvalue weighted by molar-refractivity contribution is 0.414. The summed E-state index contributed by atoms with van der Waals surface area (Å²) in [7, 11) is 3.23. The van der Waals surface area contributed by atoms with Gasteiger partial charge in [-0.1, -0.05) is 35.5 Å². The van der Waals surface area contributed by atoms with Gasteiger partial charge in [0.1, 0.15) is 11.5 Å². The molecule has 0 bridgehead atoms. The largest absolute Gasteiger partial charge is 0.497 e. The van der Waals surface area contributed by atoms with E-state index in [1.165, 1.54) is 0 Å². The Bertz CT molecular complexity index is 569. The second kappa shape index (κ2) is 7.02. The van der Waals surface area contributed by atoms with Crippen molar-refractivity contribution < 1.29 is 14.0 Å². The van der Waals surface area contributed by atoms with Crippen LogP contribution < -0.4 is 9.47 Å². The van der Waals surface area contributed by atoms with E-state index in [2.05, 4.69) is 0 Å². The van der Waals surface area contributed by atoms with Gasteiger partial charge in [-0.2, -0.15) is 0 Å². The van der Waals surface area contributed by atoms with Crippen LogP contribution >= 0.6 is 17.7 Å². The van der Waals surface area contributed by atoms with E-state index in [-0.39, 0.29) is 0 Å². The van der Waals surface area contributed by atoms with E-state index in [0.717, 1.165) is 22.6 Å². The Hall–Kier alpha value is -1.44. The summed E-state index contributed by atoms with van der Waals surface area (Å²) in [4.78, 5) is 0. The molecule has 0 saturated heterocycles. The molecule has 0 saturated carbocycles. The molecule has 0 aliphatic heterocycles. The Morgan fingerprint density at radius 1 is 0.810 bits per heavy atom. The van der Waals surface area contributed by atoms with Gasteiger partial charge in [-0.25, -0.2) is 0 Å². The van der Waals surface area contributed by atoms with Crippen LogP contribution in [0.2, 0.25) is 0 Å². The first kappa shape index (κ1) is 15.9. The van der Waals surface area contributed by atoms with Crippen molar-refractivity contribution in [3.8, 4) is 11.5 Å². The fraction of sp³-hybridized carbons (Fsp3) is 0.250. The van der Waals surface area contributed by atoms with Crippen molar-refractivity contribution in [3.63, 3.8) is 0 Å². The van der Waals surface area contributed by atoms with Crippen LogP contribution in [0.15, 0.2) is 48.5 Å². The summed E-state index contributed by atoms with van der Waals surface area (Å²) < 4.78 is 22.8. The Labute approximate surface area is 130 Å². The predicted molar refractivity (Wildman–Crippen MR) is 86.9 cm³/mol. The average molecular weight is 325 g/mol. The van der Waals surface area contributed by atoms with Gasteiger partial charge in [0.05, 0.1) is 14.2 Å². The van der Waals surface area contributed by atoms with Crippen LogP contribution in [0.3, 0.4) is 0 Å². The topological polar surface area (TPSA) is 35.5 Å². The third-order valence-electron chi connectivity index (χ3n) is 3.16. The molecule has 0 aliphatic rings. The van der Waals surface area contributed by atoms with Gasteiger partial charge in [0.25, 0.3) is 0 Å². The molecule has 2 rings (SSSR count). The van der Waals surface area contributed by atoms with Gasteiger partial charge in [0, 0.05) is 12.3 Å². The molecule has 0 atom stereocenters. The summed E-state index contributed by atoms with van der Waals surface area (Å²) in [6, 6.07) is 15.0. The molecule has 0 radical (unpaired) electrons. The smallest absolute Gasteiger partial charge is 0.177 e. The van der Waals surface area contributed by atoms with E-state index < -0.39 is 6.49 Å². The van der Waals surface area contributed by atoms with Crippen LogP contribution in [0.4, 0.5) is 0 Å². The zero-order chi connectivity index (χ0) is 15.3. The second-order valence-corrected chi connectivity index (χ2v) is 8.86. The highest BCUT2D eigenvalue weighted by molar-refractivity contribution is 7.87.